The summed E-state index contributed by atoms with van der Waals surface area (Å²) in [5.74, 6) is 0.277. The van der Waals surface area contributed by atoms with Crippen LogP contribution in [0.4, 0.5) is 0 Å². The van der Waals surface area contributed by atoms with Crippen LogP contribution in [-0.4, -0.2) is 19.7 Å². The van der Waals surface area contributed by atoms with Crippen LogP contribution in [0.1, 0.15) is 53.9 Å². The van der Waals surface area contributed by atoms with Crippen LogP contribution < -0.4 is 10.5 Å². The van der Waals surface area contributed by atoms with E-state index >= 15 is 0 Å². The van der Waals surface area contributed by atoms with Crippen LogP contribution in [0, 0.1) is 0 Å². The summed E-state index contributed by atoms with van der Waals surface area (Å²) in [6.45, 7) is 0.361. The standard InChI is InChI=1S/C22H28N2O2S.ClH/c23-22-12-11-18-10-9-17(15-24-27(25,26)19-7-4-8-19)14-20(18)21(22)13-16-5-2-1-3-6-16;/h1-3,5-6,9-10,14,19,21-22,24H,4,7-8,11-13,15,23H2;1H/t21-,22+;/m1./s1. The van der Waals surface area contributed by atoms with Gasteiger partial charge in [0.15, 0.2) is 0 Å². The first-order valence-corrected chi connectivity index (χ1v) is 11.5. The van der Waals surface area contributed by atoms with Crippen molar-refractivity contribution in [1.82, 2.24) is 4.72 Å². The van der Waals surface area contributed by atoms with E-state index in [1.54, 1.807) is 0 Å². The molecular formula is C22H29ClN2O2S. The Bertz CT molecular complexity index is 898. The molecule has 0 bridgehead atoms. The van der Waals surface area contributed by atoms with Gasteiger partial charge in [-0.05, 0) is 54.4 Å². The van der Waals surface area contributed by atoms with E-state index in [9.17, 15) is 8.42 Å². The van der Waals surface area contributed by atoms with Crippen molar-refractivity contribution in [1.29, 1.82) is 0 Å². The number of sulfonamides is 1. The molecule has 4 rings (SSSR count). The van der Waals surface area contributed by atoms with Crippen molar-refractivity contribution in [3.63, 3.8) is 0 Å². The predicted molar refractivity (Wildman–Crippen MR) is 116 cm³/mol. The number of aryl methyl sites for hydroxylation is 1. The summed E-state index contributed by atoms with van der Waals surface area (Å²) >= 11 is 0. The molecule has 0 radical (unpaired) electrons. The summed E-state index contributed by atoms with van der Waals surface area (Å²) in [5, 5.41) is -0.200. The maximum atomic E-state index is 12.3. The fraction of sp³-hybridized carbons (Fsp3) is 0.455. The Labute approximate surface area is 174 Å². The molecule has 6 heteroatoms. The van der Waals surface area contributed by atoms with Crippen molar-refractivity contribution < 1.29 is 8.42 Å². The highest BCUT2D eigenvalue weighted by Gasteiger charge is 2.31. The second kappa shape index (κ2) is 8.95. The van der Waals surface area contributed by atoms with Crippen LogP contribution in [0.5, 0.6) is 0 Å². The van der Waals surface area contributed by atoms with Crippen LogP contribution in [0.15, 0.2) is 48.5 Å². The lowest BCUT2D eigenvalue weighted by Crippen LogP contribution is -2.38. The Morgan fingerprint density at radius 2 is 1.75 bits per heavy atom. The number of benzene rings is 2. The van der Waals surface area contributed by atoms with Gasteiger partial charge < -0.3 is 5.73 Å². The van der Waals surface area contributed by atoms with Gasteiger partial charge in [0.25, 0.3) is 0 Å². The van der Waals surface area contributed by atoms with E-state index in [4.69, 9.17) is 5.73 Å². The largest absolute Gasteiger partial charge is 0.327 e. The van der Waals surface area contributed by atoms with E-state index in [0.717, 1.165) is 44.1 Å². The molecule has 0 aliphatic heterocycles. The van der Waals surface area contributed by atoms with Gasteiger partial charge in [0.2, 0.25) is 10.0 Å². The average Bonchev–Trinajstić information content (AvgIpc) is 2.61. The minimum atomic E-state index is -3.19. The molecule has 2 atom stereocenters. The fourth-order valence-electron chi connectivity index (χ4n) is 4.19. The van der Waals surface area contributed by atoms with E-state index in [0.29, 0.717) is 6.54 Å². The van der Waals surface area contributed by atoms with E-state index in [-0.39, 0.29) is 29.6 Å². The van der Waals surface area contributed by atoms with Crippen LogP contribution in [0.2, 0.25) is 0 Å². The maximum Gasteiger partial charge on any atom is 0.214 e. The molecule has 2 aromatic carbocycles. The molecule has 0 aromatic heterocycles. The average molecular weight is 421 g/mol. The first-order chi connectivity index (χ1) is 13.0. The zero-order chi connectivity index (χ0) is 18.9. The number of nitrogens with one attached hydrogen (secondary N) is 1. The van der Waals surface area contributed by atoms with Gasteiger partial charge in [-0.3, -0.25) is 0 Å². The van der Waals surface area contributed by atoms with Crippen molar-refractivity contribution in [2.75, 3.05) is 0 Å². The number of fused-ring (bicyclic) bond motifs is 1. The zero-order valence-corrected chi connectivity index (χ0v) is 17.6. The topological polar surface area (TPSA) is 72.2 Å². The normalized spacial score (nSPS) is 22.0. The number of hydrogen-bond acceptors (Lipinski definition) is 3. The number of halogens is 1. The maximum absolute atomic E-state index is 12.3. The highest BCUT2D eigenvalue weighted by molar-refractivity contribution is 7.90. The first-order valence-electron chi connectivity index (χ1n) is 9.92. The quantitative estimate of drug-likeness (QED) is 0.748. The molecule has 3 N–H and O–H groups in total. The van der Waals surface area contributed by atoms with Crippen molar-refractivity contribution in [3.8, 4) is 0 Å². The molecule has 0 amide bonds. The van der Waals surface area contributed by atoms with E-state index < -0.39 is 10.0 Å². The molecule has 4 nitrogen and oxygen atoms in total. The molecule has 2 aromatic rings. The summed E-state index contributed by atoms with van der Waals surface area (Å²) < 4.78 is 27.4. The molecule has 1 saturated carbocycles. The minimum Gasteiger partial charge on any atom is -0.327 e. The zero-order valence-electron chi connectivity index (χ0n) is 16.0. The van der Waals surface area contributed by atoms with Crippen LogP contribution in [-0.2, 0) is 29.4 Å². The lowest BCUT2D eigenvalue weighted by molar-refractivity contribution is 0.465. The van der Waals surface area contributed by atoms with Crippen LogP contribution >= 0.6 is 12.4 Å². The van der Waals surface area contributed by atoms with Crippen LogP contribution in [0.25, 0.3) is 0 Å². The van der Waals surface area contributed by atoms with E-state index in [1.807, 2.05) is 6.07 Å². The van der Waals surface area contributed by atoms with Gasteiger partial charge in [-0.1, -0.05) is 55.0 Å². The Morgan fingerprint density at radius 3 is 2.43 bits per heavy atom. The number of hydrogen-bond donors (Lipinski definition) is 2. The highest BCUT2D eigenvalue weighted by Crippen LogP contribution is 2.34. The van der Waals surface area contributed by atoms with Gasteiger partial charge in [0, 0.05) is 18.5 Å². The van der Waals surface area contributed by atoms with Gasteiger partial charge in [-0.25, -0.2) is 13.1 Å². The molecule has 0 saturated heterocycles. The summed E-state index contributed by atoms with van der Waals surface area (Å²) in [5.41, 5.74) is 11.4. The third kappa shape index (κ3) is 4.60. The smallest absolute Gasteiger partial charge is 0.214 e. The Morgan fingerprint density at radius 1 is 1.00 bits per heavy atom. The summed E-state index contributed by atoms with van der Waals surface area (Å²) in [4.78, 5) is 0. The molecule has 152 valence electrons. The second-order valence-corrected chi connectivity index (χ2v) is 10.00. The SMILES string of the molecule is Cl.N[C@H]1CCc2ccc(CNS(=O)(=O)C3CCC3)cc2[C@H]1Cc1ccccc1. The van der Waals surface area contributed by atoms with Gasteiger partial charge >= 0.3 is 0 Å². The molecule has 2 aliphatic rings. The lowest BCUT2D eigenvalue weighted by Gasteiger charge is -2.32. The Kier molecular flexibility index (Phi) is 6.81. The number of rotatable bonds is 6. The van der Waals surface area contributed by atoms with Crippen molar-refractivity contribution in [3.05, 3.63) is 70.8 Å². The van der Waals surface area contributed by atoms with Crippen molar-refractivity contribution in [2.45, 2.75) is 62.3 Å². The molecular weight excluding hydrogens is 392 g/mol. The van der Waals surface area contributed by atoms with Crippen molar-refractivity contribution >= 4 is 22.4 Å². The van der Waals surface area contributed by atoms with Gasteiger partial charge in [0.05, 0.1) is 5.25 Å². The van der Waals surface area contributed by atoms with Crippen molar-refractivity contribution in [2.24, 2.45) is 5.73 Å². The summed E-state index contributed by atoms with van der Waals surface area (Å²) in [6.07, 6.45) is 5.50. The second-order valence-electron chi connectivity index (χ2n) is 7.95. The molecule has 2 aliphatic carbocycles. The predicted octanol–water partition coefficient (Wildman–Crippen LogP) is 3.68. The molecule has 0 heterocycles. The van der Waals surface area contributed by atoms with Gasteiger partial charge in [-0.15, -0.1) is 12.4 Å². The molecule has 28 heavy (non-hydrogen) atoms. The molecule has 1 fully saturated rings. The van der Waals surface area contributed by atoms with Crippen LogP contribution in [0.3, 0.4) is 0 Å². The highest BCUT2D eigenvalue weighted by atomic mass is 35.5. The first kappa shape index (κ1) is 21.3. The van der Waals surface area contributed by atoms with Gasteiger partial charge in [-0.2, -0.15) is 0 Å². The Hall–Kier alpha value is -1.40. The van der Waals surface area contributed by atoms with Gasteiger partial charge in [0.1, 0.15) is 0 Å². The number of nitrogens with two attached hydrogens (primary N) is 1. The fourth-order valence-corrected chi connectivity index (χ4v) is 5.75. The summed E-state index contributed by atoms with van der Waals surface area (Å²) in [6, 6.07) is 17.0. The summed E-state index contributed by atoms with van der Waals surface area (Å²) in [7, 11) is -3.19. The molecule has 0 unspecified atom stereocenters. The monoisotopic (exact) mass is 420 g/mol. The molecule has 0 spiro atoms. The third-order valence-electron chi connectivity index (χ3n) is 6.14. The third-order valence-corrected chi connectivity index (χ3v) is 8.04. The Balaban J connectivity index is 0.00000225. The minimum absolute atomic E-state index is 0. The lowest BCUT2D eigenvalue weighted by atomic mass is 9.76. The van der Waals surface area contributed by atoms with E-state index in [2.05, 4.69) is 47.2 Å². The van der Waals surface area contributed by atoms with E-state index in [1.165, 1.54) is 16.7 Å².